The molecule has 2 heterocycles. The molecule has 0 radical (unpaired) electrons. The molecule has 0 saturated heterocycles. The van der Waals surface area contributed by atoms with E-state index in [4.69, 9.17) is 0 Å². The molecule has 102 valence electrons. The Bertz CT molecular complexity index is 681. The minimum absolute atomic E-state index is 0.0957. The average molecular weight is 284 g/mol. The Kier molecular flexibility index (Phi) is 3.99. The average Bonchev–Trinajstić information content (AvgIpc) is 3.02. The van der Waals surface area contributed by atoms with Crippen LogP contribution in [0.5, 0.6) is 0 Å². The van der Waals surface area contributed by atoms with Gasteiger partial charge in [-0.25, -0.2) is 0 Å². The van der Waals surface area contributed by atoms with Gasteiger partial charge in [0.15, 0.2) is 0 Å². The molecule has 0 saturated carbocycles. The lowest BCUT2D eigenvalue weighted by molar-refractivity contribution is 0.590. The van der Waals surface area contributed by atoms with Crippen LogP contribution in [0.3, 0.4) is 0 Å². The molecule has 3 rings (SSSR count). The number of fused-ring (bicyclic) bond motifs is 1. The molecule has 1 N–H and O–H groups in total. The van der Waals surface area contributed by atoms with Crippen molar-refractivity contribution < 1.29 is 0 Å². The number of benzene rings is 1. The van der Waals surface area contributed by atoms with Crippen molar-refractivity contribution >= 4 is 22.6 Å². The molecule has 4 nitrogen and oxygen atoms in total. The van der Waals surface area contributed by atoms with Crippen molar-refractivity contribution in [1.29, 1.82) is 0 Å². The fourth-order valence-corrected chi connectivity index (χ4v) is 2.70. The zero-order valence-corrected chi connectivity index (χ0v) is 12.1. The lowest BCUT2D eigenvalue weighted by atomic mass is 10.0. The first kappa shape index (κ1) is 13.1. The van der Waals surface area contributed by atoms with E-state index in [0.29, 0.717) is 0 Å². The maximum Gasteiger partial charge on any atom is 0.0957 e. The molecular formula is C15H16N4S. The Morgan fingerprint density at radius 2 is 2.25 bits per heavy atom. The Hall–Kier alpha value is -1.85. The normalized spacial score (nSPS) is 12.7. The number of aromatic nitrogens is 3. The highest BCUT2D eigenvalue weighted by Crippen LogP contribution is 2.24. The summed E-state index contributed by atoms with van der Waals surface area (Å²) in [5, 5.41) is 4.69. The Balaban J connectivity index is 1.99. The van der Waals surface area contributed by atoms with Crippen molar-refractivity contribution in [2.45, 2.75) is 19.4 Å². The van der Waals surface area contributed by atoms with E-state index in [1.54, 1.807) is 0 Å². The predicted octanol–water partition coefficient (Wildman–Crippen LogP) is 3.18. The molecular weight excluding hydrogens is 268 g/mol. The van der Waals surface area contributed by atoms with Crippen molar-refractivity contribution in [3.05, 3.63) is 54.0 Å². The molecule has 0 bridgehead atoms. The van der Waals surface area contributed by atoms with Crippen molar-refractivity contribution in [1.82, 2.24) is 19.0 Å². The van der Waals surface area contributed by atoms with E-state index in [2.05, 4.69) is 50.2 Å². The zero-order valence-electron chi connectivity index (χ0n) is 11.3. The monoisotopic (exact) mass is 284 g/mol. The molecule has 2 aromatic heterocycles. The largest absolute Gasteiger partial charge is 0.305 e. The second kappa shape index (κ2) is 6.07. The highest BCUT2D eigenvalue weighted by Gasteiger charge is 2.16. The van der Waals surface area contributed by atoms with Gasteiger partial charge in [0.2, 0.25) is 0 Å². The second-order valence-electron chi connectivity index (χ2n) is 4.67. The lowest BCUT2D eigenvalue weighted by Gasteiger charge is -2.17. The van der Waals surface area contributed by atoms with Gasteiger partial charge < -0.3 is 5.32 Å². The van der Waals surface area contributed by atoms with Crippen LogP contribution in [0.15, 0.2) is 42.7 Å². The zero-order chi connectivity index (χ0) is 13.8. The summed E-state index contributed by atoms with van der Waals surface area (Å²) in [7, 11) is 0. The summed E-state index contributed by atoms with van der Waals surface area (Å²) < 4.78 is 8.50. The Morgan fingerprint density at radius 1 is 1.30 bits per heavy atom. The summed E-state index contributed by atoms with van der Waals surface area (Å²) in [4.78, 5) is 4.36. The van der Waals surface area contributed by atoms with Crippen molar-refractivity contribution in [3.63, 3.8) is 0 Å². The molecule has 5 heteroatoms. The van der Waals surface area contributed by atoms with Gasteiger partial charge in [-0.05, 0) is 36.7 Å². The summed E-state index contributed by atoms with van der Waals surface area (Å²) in [6.07, 6.45) is 4.74. The van der Waals surface area contributed by atoms with Gasteiger partial charge in [0, 0.05) is 11.6 Å². The second-order valence-corrected chi connectivity index (χ2v) is 5.23. The molecule has 20 heavy (non-hydrogen) atoms. The van der Waals surface area contributed by atoms with Crippen LogP contribution < -0.4 is 5.32 Å². The van der Waals surface area contributed by atoms with Gasteiger partial charge in [-0.3, -0.25) is 4.98 Å². The van der Waals surface area contributed by atoms with Crippen LogP contribution in [0.25, 0.3) is 10.9 Å². The first-order valence-corrected chi connectivity index (χ1v) is 7.47. The van der Waals surface area contributed by atoms with Crippen LogP contribution in [0.2, 0.25) is 0 Å². The molecule has 0 spiro atoms. The summed E-state index contributed by atoms with van der Waals surface area (Å²) >= 11 is 1.25. The minimum atomic E-state index is 0.0957. The smallest absolute Gasteiger partial charge is 0.0957 e. The van der Waals surface area contributed by atoms with E-state index in [-0.39, 0.29) is 6.04 Å². The van der Waals surface area contributed by atoms with Gasteiger partial charge in [-0.15, -0.1) is 0 Å². The van der Waals surface area contributed by atoms with E-state index < -0.39 is 0 Å². The van der Waals surface area contributed by atoms with Gasteiger partial charge in [-0.2, -0.15) is 8.75 Å². The Morgan fingerprint density at radius 3 is 3.05 bits per heavy atom. The quantitative estimate of drug-likeness (QED) is 0.782. The summed E-state index contributed by atoms with van der Waals surface area (Å²) in [6.45, 7) is 3.11. The van der Waals surface area contributed by atoms with E-state index in [9.17, 15) is 0 Å². The van der Waals surface area contributed by atoms with E-state index in [1.165, 1.54) is 17.3 Å². The van der Waals surface area contributed by atoms with Crippen molar-refractivity contribution in [2.75, 3.05) is 6.54 Å². The number of pyridine rings is 1. The molecule has 0 amide bonds. The number of hydrogen-bond donors (Lipinski definition) is 1. The number of nitrogens with zero attached hydrogens (tertiary/aromatic N) is 3. The molecule has 3 aromatic rings. The molecule has 0 aliphatic carbocycles. The minimum Gasteiger partial charge on any atom is -0.305 e. The van der Waals surface area contributed by atoms with Crippen LogP contribution in [0.1, 0.15) is 30.6 Å². The fourth-order valence-electron chi connectivity index (χ4n) is 2.25. The van der Waals surface area contributed by atoms with Crippen molar-refractivity contribution in [3.8, 4) is 0 Å². The summed E-state index contributed by atoms with van der Waals surface area (Å²) in [6, 6.07) is 10.5. The molecule has 1 atom stereocenters. The first-order chi connectivity index (χ1) is 9.88. The molecule has 0 aliphatic rings. The fraction of sp³-hybridized carbons (Fsp3) is 0.267. The van der Waals surface area contributed by atoms with Crippen LogP contribution in [-0.4, -0.2) is 20.3 Å². The molecule has 1 unspecified atom stereocenters. The van der Waals surface area contributed by atoms with Crippen LogP contribution in [-0.2, 0) is 0 Å². The highest BCUT2D eigenvalue weighted by molar-refractivity contribution is 6.99. The number of rotatable bonds is 5. The van der Waals surface area contributed by atoms with Crippen LogP contribution >= 0.6 is 11.7 Å². The van der Waals surface area contributed by atoms with E-state index in [1.807, 2.05) is 18.5 Å². The van der Waals surface area contributed by atoms with Gasteiger partial charge in [0.05, 0.1) is 35.2 Å². The topological polar surface area (TPSA) is 50.7 Å². The third-order valence-corrected chi connectivity index (χ3v) is 3.73. The van der Waals surface area contributed by atoms with Gasteiger partial charge in [-0.1, -0.05) is 19.1 Å². The van der Waals surface area contributed by atoms with Gasteiger partial charge in [0.25, 0.3) is 0 Å². The maximum atomic E-state index is 4.38. The van der Waals surface area contributed by atoms with Crippen LogP contribution in [0, 0.1) is 0 Å². The Labute approximate surface area is 122 Å². The van der Waals surface area contributed by atoms with E-state index in [0.717, 1.165) is 29.6 Å². The van der Waals surface area contributed by atoms with Crippen molar-refractivity contribution in [2.24, 2.45) is 0 Å². The summed E-state index contributed by atoms with van der Waals surface area (Å²) in [5.74, 6) is 0. The first-order valence-electron chi connectivity index (χ1n) is 6.74. The molecule has 0 aliphatic heterocycles. The lowest BCUT2D eigenvalue weighted by Crippen LogP contribution is -2.23. The van der Waals surface area contributed by atoms with Gasteiger partial charge >= 0.3 is 0 Å². The van der Waals surface area contributed by atoms with E-state index >= 15 is 0 Å². The number of hydrogen-bond acceptors (Lipinski definition) is 5. The third kappa shape index (κ3) is 2.69. The summed E-state index contributed by atoms with van der Waals surface area (Å²) in [5.41, 5.74) is 3.19. The molecule has 1 aromatic carbocycles. The maximum absolute atomic E-state index is 4.38. The highest BCUT2D eigenvalue weighted by atomic mass is 32.1. The third-order valence-electron chi connectivity index (χ3n) is 3.23. The van der Waals surface area contributed by atoms with Crippen LogP contribution in [0.4, 0.5) is 0 Å². The standard InChI is InChI=1S/C15H16N4S/c1-2-7-17-15(14-10-18-20-19-14)12-5-6-13-11(9-12)4-3-8-16-13/h3-6,8-10,15,17H,2,7H2,1H3. The molecule has 0 fully saturated rings. The SMILES string of the molecule is CCCNC(c1ccc2ncccc2c1)c1cnsn1. The predicted molar refractivity (Wildman–Crippen MR) is 81.8 cm³/mol. The van der Waals surface area contributed by atoms with Gasteiger partial charge in [0.1, 0.15) is 0 Å². The number of nitrogens with one attached hydrogen (secondary N) is 1.